The smallest absolute Gasteiger partial charge is 0.224 e. The summed E-state index contributed by atoms with van der Waals surface area (Å²) >= 11 is 0. The highest BCUT2D eigenvalue weighted by Crippen LogP contribution is 2.21. The zero-order valence-electron chi connectivity index (χ0n) is 14.7. The third kappa shape index (κ3) is 6.20. The SMILES string of the molecule is CC(C)Oc1ccc([C@@H](CC(=O)[O-])NC(=O)Cc2ccc(F)cc2)cc1. The highest BCUT2D eigenvalue weighted by molar-refractivity contribution is 5.79. The molecular formula is C20H21FNO4-. The van der Waals surface area contributed by atoms with Crippen LogP contribution in [0.1, 0.15) is 37.4 Å². The summed E-state index contributed by atoms with van der Waals surface area (Å²) in [5, 5.41) is 13.7. The van der Waals surface area contributed by atoms with Gasteiger partial charge in [-0.15, -0.1) is 0 Å². The molecule has 5 nitrogen and oxygen atoms in total. The van der Waals surface area contributed by atoms with Gasteiger partial charge in [0.05, 0.1) is 18.6 Å². The zero-order chi connectivity index (χ0) is 19.1. The third-order valence-corrected chi connectivity index (χ3v) is 3.64. The van der Waals surface area contributed by atoms with Crippen LogP contribution in [-0.2, 0) is 16.0 Å². The molecule has 2 rings (SSSR count). The van der Waals surface area contributed by atoms with Gasteiger partial charge in [-0.05, 0) is 49.2 Å². The second-order valence-electron chi connectivity index (χ2n) is 6.24. The predicted molar refractivity (Wildman–Crippen MR) is 92.8 cm³/mol. The molecule has 0 spiro atoms. The molecular weight excluding hydrogens is 337 g/mol. The Balaban J connectivity index is 2.07. The van der Waals surface area contributed by atoms with Crippen LogP contribution in [0.5, 0.6) is 5.75 Å². The van der Waals surface area contributed by atoms with Crippen molar-refractivity contribution in [3.63, 3.8) is 0 Å². The molecule has 2 aromatic rings. The lowest BCUT2D eigenvalue weighted by Gasteiger charge is -2.20. The fourth-order valence-corrected chi connectivity index (χ4v) is 2.50. The first-order valence-corrected chi connectivity index (χ1v) is 8.33. The predicted octanol–water partition coefficient (Wildman–Crippen LogP) is 2.15. The second-order valence-corrected chi connectivity index (χ2v) is 6.24. The fourth-order valence-electron chi connectivity index (χ4n) is 2.50. The lowest BCUT2D eigenvalue weighted by Crippen LogP contribution is -2.35. The number of benzene rings is 2. The number of hydrogen-bond acceptors (Lipinski definition) is 4. The minimum atomic E-state index is -1.26. The van der Waals surface area contributed by atoms with E-state index in [1.807, 2.05) is 13.8 Å². The Hall–Kier alpha value is -2.89. The van der Waals surface area contributed by atoms with E-state index in [1.165, 1.54) is 24.3 Å². The third-order valence-electron chi connectivity index (χ3n) is 3.64. The molecule has 0 heterocycles. The van der Waals surface area contributed by atoms with Gasteiger partial charge in [-0.3, -0.25) is 4.79 Å². The van der Waals surface area contributed by atoms with Crippen molar-refractivity contribution in [3.8, 4) is 5.75 Å². The average molecular weight is 358 g/mol. The van der Waals surface area contributed by atoms with Crippen molar-refractivity contribution in [2.45, 2.75) is 38.8 Å². The number of ether oxygens (including phenoxy) is 1. The highest BCUT2D eigenvalue weighted by Gasteiger charge is 2.16. The number of amides is 1. The van der Waals surface area contributed by atoms with Gasteiger partial charge in [0.2, 0.25) is 5.91 Å². The van der Waals surface area contributed by atoms with Crippen LogP contribution < -0.4 is 15.2 Å². The maximum absolute atomic E-state index is 12.9. The number of carboxylic acid groups (broad SMARTS) is 1. The van der Waals surface area contributed by atoms with E-state index in [2.05, 4.69) is 5.32 Å². The van der Waals surface area contributed by atoms with Crippen molar-refractivity contribution in [2.24, 2.45) is 0 Å². The quantitative estimate of drug-likeness (QED) is 0.784. The minimum Gasteiger partial charge on any atom is -0.550 e. The van der Waals surface area contributed by atoms with Gasteiger partial charge in [-0.25, -0.2) is 4.39 Å². The first-order chi connectivity index (χ1) is 12.3. The van der Waals surface area contributed by atoms with Crippen LogP contribution in [0.2, 0.25) is 0 Å². The molecule has 0 aliphatic heterocycles. The first-order valence-electron chi connectivity index (χ1n) is 8.33. The van der Waals surface area contributed by atoms with Crippen LogP contribution in [0.15, 0.2) is 48.5 Å². The number of rotatable bonds is 8. The Labute approximate surface area is 151 Å². The number of hydrogen-bond donors (Lipinski definition) is 1. The van der Waals surface area contributed by atoms with Gasteiger partial charge in [0.1, 0.15) is 11.6 Å². The summed E-state index contributed by atoms with van der Waals surface area (Å²) in [5.74, 6) is -1.34. The molecule has 0 radical (unpaired) electrons. The van der Waals surface area contributed by atoms with Crippen LogP contribution >= 0.6 is 0 Å². The van der Waals surface area contributed by atoms with Gasteiger partial charge in [0, 0.05) is 12.4 Å². The van der Waals surface area contributed by atoms with Crippen molar-refractivity contribution in [1.82, 2.24) is 5.32 Å². The Bertz CT molecular complexity index is 741. The maximum atomic E-state index is 12.9. The van der Waals surface area contributed by atoms with E-state index < -0.39 is 12.0 Å². The van der Waals surface area contributed by atoms with E-state index in [4.69, 9.17) is 4.74 Å². The maximum Gasteiger partial charge on any atom is 0.224 e. The number of carboxylic acids is 1. The van der Waals surface area contributed by atoms with E-state index in [1.54, 1.807) is 24.3 Å². The van der Waals surface area contributed by atoms with Gasteiger partial charge in [0.25, 0.3) is 0 Å². The Morgan fingerprint density at radius 3 is 2.23 bits per heavy atom. The van der Waals surface area contributed by atoms with Crippen LogP contribution in [0.25, 0.3) is 0 Å². The summed E-state index contributed by atoms with van der Waals surface area (Å²) < 4.78 is 18.5. The lowest BCUT2D eigenvalue weighted by molar-refractivity contribution is -0.306. The van der Waals surface area contributed by atoms with Gasteiger partial charge in [0.15, 0.2) is 0 Å². The summed E-state index contributed by atoms with van der Waals surface area (Å²) in [6.07, 6.45) is -0.298. The Morgan fingerprint density at radius 1 is 1.08 bits per heavy atom. The monoisotopic (exact) mass is 358 g/mol. The zero-order valence-corrected chi connectivity index (χ0v) is 14.7. The molecule has 0 aromatic heterocycles. The Kier molecular flexibility index (Phi) is 6.72. The summed E-state index contributed by atoms with van der Waals surface area (Å²) in [6, 6.07) is 11.7. The Morgan fingerprint density at radius 2 is 1.69 bits per heavy atom. The van der Waals surface area contributed by atoms with Crippen molar-refractivity contribution in [3.05, 3.63) is 65.5 Å². The summed E-state index contributed by atoms with van der Waals surface area (Å²) in [5.41, 5.74) is 1.27. The van der Waals surface area contributed by atoms with Crippen LogP contribution in [-0.4, -0.2) is 18.0 Å². The van der Waals surface area contributed by atoms with Crippen molar-refractivity contribution >= 4 is 11.9 Å². The van der Waals surface area contributed by atoms with Gasteiger partial charge < -0.3 is 20.0 Å². The lowest BCUT2D eigenvalue weighted by atomic mass is 10.0. The van der Waals surface area contributed by atoms with E-state index in [-0.39, 0.29) is 30.7 Å². The molecule has 138 valence electrons. The normalized spacial score (nSPS) is 11.8. The number of nitrogens with one attached hydrogen (secondary N) is 1. The first kappa shape index (κ1) is 19.4. The molecule has 26 heavy (non-hydrogen) atoms. The van der Waals surface area contributed by atoms with Gasteiger partial charge >= 0.3 is 0 Å². The summed E-state index contributed by atoms with van der Waals surface area (Å²) in [7, 11) is 0. The molecule has 0 saturated carbocycles. The van der Waals surface area contributed by atoms with Gasteiger partial charge in [-0.2, -0.15) is 0 Å². The number of carbonyl (C=O) groups is 2. The molecule has 0 bridgehead atoms. The van der Waals surface area contributed by atoms with Crippen molar-refractivity contribution in [1.29, 1.82) is 0 Å². The molecule has 0 aliphatic rings. The van der Waals surface area contributed by atoms with Crippen LogP contribution in [0, 0.1) is 5.82 Å². The number of halogens is 1. The second kappa shape index (κ2) is 8.99. The molecule has 2 aromatic carbocycles. The number of carbonyl (C=O) groups excluding carboxylic acids is 2. The molecule has 0 unspecified atom stereocenters. The summed E-state index contributed by atoms with van der Waals surface area (Å²) in [4.78, 5) is 23.3. The minimum absolute atomic E-state index is 0.0234. The number of aliphatic carboxylic acids is 1. The highest BCUT2D eigenvalue weighted by atomic mass is 19.1. The average Bonchev–Trinajstić information content (AvgIpc) is 2.56. The van der Waals surface area contributed by atoms with Gasteiger partial charge in [-0.1, -0.05) is 24.3 Å². The topological polar surface area (TPSA) is 78.5 Å². The van der Waals surface area contributed by atoms with E-state index in [0.29, 0.717) is 16.9 Å². The van der Waals surface area contributed by atoms with Crippen molar-refractivity contribution < 1.29 is 23.8 Å². The molecule has 0 saturated heterocycles. The largest absolute Gasteiger partial charge is 0.550 e. The van der Waals surface area contributed by atoms with Crippen LogP contribution in [0.4, 0.5) is 4.39 Å². The molecule has 0 fully saturated rings. The molecule has 6 heteroatoms. The standard InChI is InChI=1S/C20H22FNO4/c1-13(2)26-17-9-5-15(6-10-17)18(12-20(24)25)22-19(23)11-14-3-7-16(21)8-4-14/h3-10,13,18H,11-12H2,1-2H3,(H,22,23)(H,24,25)/p-1/t18-/m1/s1. The van der Waals surface area contributed by atoms with E-state index in [9.17, 15) is 19.1 Å². The van der Waals surface area contributed by atoms with E-state index >= 15 is 0 Å². The fraction of sp³-hybridized carbons (Fsp3) is 0.300. The molecule has 1 N–H and O–H groups in total. The molecule has 1 amide bonds. The van der Waals surface area contributed by atoms with Crippen LogP contribution in [0.3, 0.4) is 0 Å². The molecule has 1 atom stereocenters. The van der Waals surface area contributed by atoms with E-state index in [0.717, 1.165) is 0 Å². The molecule has 0 aliphatic carbocycles. The van der Waals surface area contributed by atoms with Crippen molar-refractivity contribution in [2.75, 3.05) is 0 Å². The summed E-state index contributed by atoms with van der Waals surface area (Å²) in [6.45, 7) is 3.81.